The zero-order valence-corrected chi connectivity index (χ0v) is 10.6. The Bertz CT molecular complexity index is 414. The molecule has 0 amide bonds. The third-order valence-electron chi connectivity index (χ3n) is 3.68. The van der Waals surface area contributed by atoms with Crippen molar-refractivity contribution in [2.75, 3.05) is 6.54 Å². The van der Waals surface area contributed by atoms with Crippen LogP contribution >= 0.6 is 0 Å². The number of hydrogen-bond acceptors (Lipinski definition) is 1. The Morgan fingerprint density at radius 3 is 2.61 bits per heavy atom. The molecule has 0 bridgehead atoms. The number of alkyl halides is 3. The average Bonchev–Trinajstić information content (AvgIpc) is 3.01. The molecule has 1 aromatic carbocycles. The Morgan fingerprint density at radius 2 is 2.06 bits per heavy atom. The van der Waals surface area contributed by atoms with Crippen molar-refractivity contribution in [3.05, 3.63) is 35.4 Å². The van der Waals surface area contributed by atoms with E-state index < -0.39 is 11.7 Å². The molecule has 2 rings (SSSR count). The monoisotopic (exact) mass is 257 g/mol. The highest BCUT2D eigenvalue weighted by Crippen LogP contribution is 2.37. The molecule has 1 aliphatic rings. The maximum absolute atomic E-state index is 12.6. The van der Waals surface area contributed by atoms with Crippen LogP contribution in [0, 0.1) is 11.8 Å². The second-order valence-corrected chi connectivity index (χ2v) is 5.23. The lowest BCUT2D eigenvalue weighted by molar-refractivity contribution is -0.137. The largest absolute Gasteiger partial charge is 0.416 e. The van der Waals surface area contributed by atoms with Crippen molar-refractivity contribution >= 4 is 0 Å². The van der Waals surface area contributed by atoms with Gasteiger partial charge in [-0.25, -0.2) is 0 Å². The van der Waals surface area contributed by atoms with Gasteiger partial charge < -0.3 is 5.32 Å². The van der Waals surface area contributed by atoms with E-state index in [0.29, 0.717) is 11.5 Å². The molecule has 0 aromatic heterocycles. The first-order valence-electron chi connectivity index (χ1n) is 6.28. The topological polar surface area (TPSA) is 12.0 Å². The van der Waals surface area contributed by atoms with Gasteiger partial charge in [0.25, 0.3) is 0 Å². The molecule has 0 aliphatic heterocycles. The van der Waals surface area contributed by atoms with Crippen LogP contribution in [0.25, 0.3) is 0 Å². The summed E-state index contributed by atoms with van der Waals surface area (Å²) >= 11 is 0. The number of hydrogen-bond donors (Lipinski definition) is 1. The summed E-state index contributed by atoms with van der Waals surface area (Å²) in [7, 11) is 0. The SMILES string of the molecule is CC(NCC1CC1C)c1cccc(C(F)(F)F)c1. The van der Waals surface area contributed by atoms with Crippen molar-refractivity contribution in [2.24, 2.45) is 11.8 Å². The second kappa shape index (κ2) is 4.92. The minimum atomic E-state index is -4.26. The van der Waals surface area contributed by atoms with E-state index in [1.54, 1.807) is 6.07 Å². The lowest BCUT2D eigenvalue weighted by Crippen LogP contribution is -2.22. The van der Waals surface area contributed by atoms with Gasteiger partial charge in [-0.15, -0.1) is 0 Å². The first kappa shape index (κ1) is 13.4. The van der Waals surface area contributed by atoms with E-state index in [4.69, 9.17) is 0 Å². The lowest BCUT2D eigenvalue weighted by atomic mass is 10.0. The van der Waals surface area contributed by atoms with Crippen LogP contribution in [-0.4, -0.2) is 6.54 Å². The van der Waals surface area contributed by atoms with Crippen molar-refractivity contribution < 1.29 is 13.2 Å². The highest BCUT2D eigenvalue weighted by atomic mass is 19.4. The van der Waals surface area contributed by atoms with Gasteiger partial charge in [-0.2, -0.15) is 13.2 Å². The highest BCUT2D eigenvalue weighted by molar-refractivity contribution is 5.27. The van der Waals surface area contributed by atoms with Crippen LogP contribution in [0.2, 0.25) is 0 Å². The molecule has 0 spiro atoms. The first-order chi connectivity index (χ1) is 8.38. The molecule has 1 N–H and O–H groups in total. The fourth-order valence-electron chi connectivity index (χ4n) is 2.11. The van der Waals surface area contributed by atoms with E-state index in [1.165, 1.54) is 18.6 Å². The number of nitrogens with one attached hydrogen (secondary N) is 1. The first-order valence-corrected chi connectivity index (χ1v) is 6.28. The van der Waals surface area contributed by atoms with Gasteiger partial charge in [0, 0.05) is 6.04 Å². The summed E-state index contributed by atoms with van der Waals surface area (Å²) in [6.07, 6.45) is -3.04. The third-order valence-corrected chi connectivity index (χ3v) is 3.68. The van der Waals surface area contributed by atoms with Crippen LogP contribution in [0.1, 0.15) is 37.4 Å². The quantitative estimate of drug-likeness (QED) is 0.859. The molecule has 1 aromatic rings. The van der Waals surface area contributed by atoms with E-state index in [2.05, 4.69) is 12.2 Å². The summed E-state index contributed by atoms with van der Waals surface area (Å²) < 4.78 is 37.8. The van der Waals surface area contributed by atoms with E-state index in [1.807, 2.05) is 6.92 Å². The van der Waals surface area contributed by atoms with E-state index >= 15 is 0 Å². The molecule has 0 saturated heterocycles. The Morgan fingerprint density at radius 1 is 1.39 bits per heavy atom. The molecular weight excluding hydrogens is 239 g/mol. The summed E-state index contributed by atoms with van der Waals surface area (Å²) in [5.74, 6) is 1.45. The smallest absolute Gasteiger partial charge is 0.310 e. The predicted molar refractivity (Wildman–Crippen MR) is 65.1 cm³/mol. The fourth-order valence-corrected chi connectivity index (χ4v) is 2.11. The average molecular weight is 257 g/mol. The predicted octanol–water partition coefficient (Wildman–Crippen LogP) is 4.01. The van der Waals surface area contributed by atoms with Gasteiger partial charge >= 0.3 is 6.18 Å². The maximum atomic E-state index is 12.6. The second-order valence-electron chi connectivity index (χ2n) is 5.23. The molecule has 1 saturated carbocycles. The Kier molecular flexibility index (Phi) is 3.66. The normalized spacial score (nSPS) is 24.9. The molecule has 4 heteroatoms. The van der Waals surface area contributed by atoms with Crippen LogP contribution in [0.4, 0.5) is 13.2 Å². The van der Waals surface area contributed by atoms with Crippen LogP contribution in [0.5, 0.6) is 0 Å². The molecule has 3 unspecified atom stereocenters. The minimum absolute atomic E-state index is 0.0416. The number of benzene rings is 1. The maximum Gasteiger partial charge on any atom is 0.416 e. The van der Waals surface area contributed by atoms with E-state index in [0.717, 1.165) is 18.5 Å². The molecule has 3 atom stereocenters. The van der Waals surface area contributed by atoms with Crippen molar-refractivity contribution in [2.45, 2.75) is 32.5 Å². The summed E-state index contributed by atoms with van der Waals surface area (Å²) in [6.45, 7) is 4.99. The summed E-state index contributed by atoms with van der Waals surface area (Å²) in [5, 5.41) is 3.30. The molecular formula is C14H18F3N. The van der Waals surface area contributed by atoms with Crippen LogP contribution < -0.4 is 5.32 Å². The molecule has 0 radical (unpaired) electrons. The fraction of sp³-hybridized carbons (Fsp3) is 0.571. The molecule has 1 fully saturated rings. The number of halogens is 3. The standard InChI is InChI=1S/C14H18F3N/c1-9-6-12(9)8-18-10(2)11-4-3-5-13(7-11)14(15,16)17/h3-5,7,9-10,12,18H,6,8H2,1-2H3. The molecule has 1 nitrogen and oxygen atoms in total. The summed E-state index contributed by atoms with van der Waals surface area (Å²) in [4.78, 5) is 0. The Balaban J connectivity index is 1.99. The van der Waals surface area contributed by atoms with Crippen molar-refractivity contribution in [3.63, 3.8) is 0 Å². The van der Waals surface area contributed by atoms with Crippen molar-refractivity contribution in [1.82, 2.24) is 5.32 Å². The number of rotatable bonds is 4. The highest BCUT2D eigenvalue weighted by Gasteiger charge is 2.33. The van der Waals surface area contributed by atoms with E-state index in [9.17, 15) is 13.2 Å². The zero-order valence-electron chi connectivity index (χ0n) is 10.6. The van der Waals surface area contributed by atoms with Crippen LogP contribution in [-0.2, 0) is 6.18 Å². The minimum Gasteiger partial charge on any atom is -0.310 e. The van der Waals surface area contributed by atoms with Gasteiger partial charge in [-0.3, -0.25) is 0 Å². The van der Waals surface area contributed by atoms with Gasteiger partial charge in [-0.05, 0) is 49.4 Å². The van der Waals surface area contributed by atoms with Gasteiger partial charge in [0.1, 0.15) is 0 Å². The molecule has 0 heterocycles. The molecule has 18 heavy (non-hydrogen) atoms. The van der Waals surface area contributed by atoms with Crippen molar-refractivity contribution in [3.8, 4) is 0 Å². The zero-order chi connectivity index (χ0) is 13.3. The summed E-state index contributed by atoms with van der Waals surface area (Å²) in [6, 6.07) is 5.51. The van der Waals surface area contributed by atoms with Gasteiger partial charge in [0.15, 0.2) is 0 Å². The molecule has 100 valence electrons. The van der Waals surface area contributed by atoms with Gasteiger partial charge in [0.2, 0.25) is 0 Å². The Labute approximate surface area is 105 Å². The Hall–Kier alpha value is -1.03. The summed E-state index contributed by atoms with van der Waals surface area (Å²) in [5.41, 5.74) is 0.117. The van der Waals surface area contributed by atoms with Gasteiger partial charge in [-0.1, -0.05) is 19.1 Å². The molecule has 1 aliphatic carbocycles. The van der Waals surface area contributed by atoms with Gasteiger partial charge in [0.05, 0.1) is 5.56 Å². The van der Waals surface area contributed by atoms with Crippen molar-refractivity contribution in [1.29, 1.82) is 0 Å². The third kappa shape index (κ3) is 3.25. The lowest BCUT2D eigenvalue weighted by Gasteiger charge is -2.16. The van der Waals surface area contributed by atoms with Crippen LogP contribution in [0.3, 0.4) is 0 Å². The van der Waals surface area contributed by atoms with Crippen LogP contribution in [0.15, 0.2) is 24.3 Å². The van der Waals surface area contributed by atoms with E-state index in [-0.39, 0.29) is 6.04 Å².